The highest BCUT2D eigenvalue weighted by atomic mass is 32.2. The van der Waals surface area contributed by atoms with Crippen LogP contribution in [-0.4, -0.2) is 119 Å². The number of hydrogen-bond donors (Lipinski definition) is 2. The van der Waals surface area contributed by atoms with Crippen LogP contribution in [0.3, 0.4) is 0 Å². The molecule has 1 aromatic carbocycles. The number of halogens is 4. The van der Waals surface area contributed by atoms with E-state index in [1.807, 2.05) is 4.90 Å². The predicted molar refractivity (Wildman–Crippen MR) is 161 cm³/mol. The van der Waals surface area contributed by atoms with Gasteiger partial charge in [-0.05, 0) is 44.4 Å². The smallest absolute Gasteiger partial charge is 0.395 e. The lowest BCUT2D eigenvalue weighted by atomic mass is 10.0. The van der Waals surface area contributed by atoms with Crippen LogP contribution in [0.25, 0.3) is 11.3 Å². The fourth-order valence-electron chi connectivity index (χ4n) is 6.44. The second-order valence-electron chi connectivity index (χ2n) is 12.0. The van der Waals surface area contributed by atoms with Gasteiger partial charge in [0.1, 0.15) is 6.17 Å². The highest BCUT2D eigenvalue weighted by Crippen LogP contribution is 2.40. The van der Waals surface area contributed by atoms with Crippen LogP contribution >= 0.6 is 11.8 Å². The molecular weight excluding hydrogens is 622 g/mol. The van der Waals surface area contributed by atoms with Crippen molar-refractivity contribution >= 4 is 21.8 Å². The van der Waals surface area contributed by atoms with Crippen molar-refractivity contribution in [3.8, 4) is 11.3 Å². The van der Waals surface area contributed by atoms with Gasteiger partial charge < -0.3 is 15.1 Å². The van der Waals surface area contributed by atoms with Gasteiger partial charge >= 0.3 is 6.18 Å². The lowest BCUT2D eigenvalue weighted by Gasteiger charge is -2.28. The summed E-state index contributed by atoms with van der Waals surface area (Å²) in [6, 6.07) is 3.89. The summed E-state index contributed by atoms with van der Waals surface area (Å²) in [6.45, 7) is 3.23. The summed E-state index contributed by atoms with van der Waals surface area (Å²) in [7, 11) is -3.53. The molecule has 9 nitrogen and oxygen atoms in total. The molecule has 2 atom stereocenters. The minimum absolute atomic E-state index is 0.00587. The van der Waals surface area contributed by atoms with Crippen LogP contribution in [0.4, 0.5) is 17.6 Å². The van der Waals surface area contributed by atoms with Gasteiger partial charge in [0.25, 0.3) is 0 Å². The molecule has 0 bridgehead atoms. The maximum atomic E-state index is 14.0. The van der Waals surface area contributed by atoms with E-state index < -0.39 is 34.0 Å². The summed E-state index contributed by atoms with van der Waals surface area (Å²) in [4.78, 5) is 4.17. The third-order valence-corrected chi connectivity index (χ3v) is 11.1. The lowest BCUT2D eigenvalue weighted by Crippen LogP contribution is -2.40. The van der Waals surface area contributed by atoms with Gasteiger partial charge in [0, 0.05) is 79.2 Å². The van der Waals surface area contributed by atoms with Crippen molar-refractivity contribution in [3.05, 3.63) is 35.0 Å². The largest absolute Gasteiger partial charge is 0.417 e. The summed E-state index contributed by atoms with van der Waals surface area (Å²) < 4.78 is 83.5. The fourth-order valence-corrected chi connectivity index (χ4v) is 8.34. The SMILES string of the molecule is CS(=O)(=O)N1CCc2c(c(-c3ccc(C(F)(F)F)c(SCCN4CCC(F)CC4)c3)nn2CC(O)CN2CCC[C@H]2CO)C1. The van der Waals surface area contributed by atoms with Crippen molar-refractivity contribution in [2.45, 2.75) is 74.6 Å². The molecule has 0 aliphatic carbocycles. The van der Waals surface area contributed by atoms with Crippen LogP contribution in [0, 0.1) is 0 Å². The lowest BCUT2D eigenvalue weighted by molar-refractivity contribution is -0.139. The first-order valence-corrected chi connectivity index (χ1v) is 17.9. The second kappa shape index (κ2) is 13.9. The van der Waals surface area contributed by atoms with Gasteiger partial charge in [-0.25, -0.2) is 12.8 Å². The predicted octanol–water partition coefficient (Wildman–Crippen LogP) is 3.23. The van der Waals surface area contributed by atoms with Gasteiger partial charge in [-0.1, -0.05) is 6.07 Å². The summed E-state index contributed by atoms with van der Waals surface area (Å²) in [5.41, 5.74) is 1.46. The van der Waals surface area contributed by atoms with Crippen molar-refractivity contribution < 1.29 is 36.2 Å². The van der Waals surface area contributed by atoms with E-state index in [4.69, 9.17) is 5.10 Å². The molecule has 2 saturated heterocycles. The topological polar surface area (TPSA) is 102 Å². The Morgan fingerprint density at radius 1 is 1.11 bits per heavy atom. The maximum Gasteiger partial charge on any atom is 0.417 e. The first kappa shape index (κ1) is 33.6. The number of aliphatic hydroxyl groups excluding tert-OH is 2. The molecule has 2 fully saturated rings. The van der Waals surface area contributed by atoms with Crippen molar-refractivity contribution in [1.29, 1.82) is 0 Å². The molecule has 3 aliphatic rings. The molecule has 3 aliphatic heterocycles. The maximum absolute atomic E-state index is 14.0. The van der Waals surface area contributed by atoms with Crippen LogP contribution in [0.2, 0.25) is 0 Å². The highest BCUT2D eigenvalue weighted by Gasteiger charge is 2.35. The number of fused-ring (bicyclic) bond motifs is 1. The normalized spacial score (nSPS) is 22.0. The van der Waals surface area contributed by atoms with Crippen LogP contribution in [0.1, 0.15) is 42.5 Å². The van der Waals surface area contributed by atoms with E-state index in [1.54, 1.807) is 4.68 Å². The van der Waals surface area contributed by atoms with E-state index in [1.165, 1.54) is 16.4 Å². The Morgan fingerprint density at radius 3 is 2.55 bits per heavy atom. The number of β-amino-alcohol motifs (C(OH)–C–C–N with tert-alkyl or cyclic N) is 1. The standard InChI is InChI=1S/C29H41F4N5O4S2/c1-44(41,42)37-12-8-26-24(18-37)28(34-38(26)17-23(40)16-36-9-2-3-22(36)19-39)20-4-5-25(29(31,32)33)27(15-20)43-14-13-35-10-6-21(30)7-11-35/h4-5,15,21-23,39-40H,2-3,6-14,16-19H2,1H3/t22-,23?/m0/s1. The quantitative estimate of drug-likeness (QED) is 0.279. The van der Waals surface area contributed by atoms with Gasteiger partial charge in [-0.2, -0.15) is 22.6 Å². The summed E-state index contributed by atoms with van der Waals surface area (Å²) in [6.07, 6.45) is -2.07. The van der Waals surface area contributed by atoms with E-state index in [0.717, 1.165) is 49.2 Å². The molecule has 0 saturated carbocycles. The number of piperidine rings is 1. The Hall–Kier alpha value is -1.75. The van der Waals surface area contributed by atoms with Crippen LogP contribution in [0.15, 0.2) is 23.1 Å². The van der Waals surface area contributed by atoms with Crippen molar-refractivity contribution in [1.82, 2.24) is 23.9 Å². The third kappa shape index (κ3) is 7.96. The van der Waals surface area contributed by atoms with E-state index in [9.17, 15) is 36.2 Å². The van der Waals surface area contributed by atoms with Crippen molar-refractivity contribution in [3.63, 3.8) is 0 Å². The molecule has 4 heterocycles. The molecule has 0 spiro atoms. The number of likely N-dealkylation sites (tertiary alicyclic amines) is 2. The molecule has 44 heavy (non-hydrogen) atoms. The van der Waals surface area contributed by atoms with E-state index in [2.05, 4.69) is 4.90 Å². The number of aliphatic hydroxyl groups is 2. The number of aromatic nitrogens is 2. The zero-order chi connectivity index (χ0) is 31.6. The molecule has 246 valence electrons. The molecule has 1 unspecified atom stereocenters. The molecule has 2 N–H and O–H groups in total. The van der Waals surface area contributed by atoms with E-state index >= 15 is 0 Å². The minimum atomic E-state index is -4.56. The van der Waals surface area contributed by atoms with Crippen molar-refractivity contribution in [2.24, 2.45) is 0 Å². The Morgan fingerprint density at radius 2 is 1.86 bits per heavy atom. The Labute approximate surface area is 260 Å². The molecule has 15 heteroatoms. The third-order valence-electron chi connectivity index (χ3n) is 8.85. The number of thioether (sulfide) groups is 1. The Bertz CT molecular complexity index is 1400. The highest BCUT2D eigenvalue weighted by molar-refractivity contribution is 7.99. The van der Waals surface area contributed by atoms with Gasteiger partial charge in [0.2, 0.25) is 10.0 Å². The Kier molecular flexibility index (Phi) is 10.6. The number of sulfonamides is 1. The molecule has 0 amide bonds. The molecular formula is C29H41F4N5O4S2. The molecule has 0 radical (unpaired) electrons. The zero-order valence-corrected chi connectivity index (χ0v) is 26.5. The minimum Gasteiger partial charge on any atom is -0.395 e. The van der Waals surface area contributed by atoms with Gasteiger partial charge in [-0.3, -0.25) is 9.58 Å². The van der Waals surface area contributed by atoms with Crippen molar-refractivity contribution in [2.75, 3.05) is 57.9 Å². The van der Waals surface area contributed by atoms with Crippen LogP contribution < -0.4 is 0 Å². The first-order valence-electron chi connectivity index (χ1n) is 15.1. The molecule has 2 aromatic rings. The number of rotatable bonds is 11. The monoisotopic (exact) mass is 663 g/mol. The fraction of sp³-hybridized carbons (Fsp3) is 0.690. The van der Waals surface area contributed by atoms with E-state index in [-0.39, 0.29) is 37.2 Å². The Balaban J connectivity index is 1.42. The molecule has 5 rings (SSSR count). The van der Waals surface area contributed by atoms with E-state index in [0.29, 0.717) is 68.0 Å². The second-order valence-corrected chi connectivity index (χ2v) is 15.1. The number of alkyl halides is 4. The number of benzene rings is 1. The zero-order valence-electron chi connectivity index (χ0n) is 24.8. The number of hydrogen-bond acceptors (Lipinski definition) is 8. The molecule has 1 aromatic heterocycles. The van der Waals surface area contributed by atoms with Gasteiger partial charge in [0.05, 0.1) is 36.8 Å². The summed E-state index contributed by atoms with van der Waals surface area (Å²) in [5.74, 6) is 0.398. The van der Waals surface area contributed by atoms with Crippen LogP contribution in [-0.2, 0) is 35.7 Å². The summed E-state index contributed by atoms with van der Waals surface area (Å²) >= 11 is 1.09. The summed E-state index contributed by atoms with van der Waals surface area (Å²) in [5, 5.41) is 25.4. The van der Waals surface area contributed by atoms with Gasteiger partial charge in [-0.15, -0.1) is 11.8 Å². The number of nitrogens with zero attached hydrogens (tertiary/aromatic N) is 5. The van der Waals surface area contributed by atoms with Crippen LogP contribution in [0.5, 0.6) is 0 Å². The average molecular weight is 664 g/mol. The first-order chi connectivity index (χ1) is 20.8. The average Bonchev–Trinajstić information content (AvgIpc) is 3.56. The van der Waals surface area contributed by atoms with Gasteiger partial charge in [0.15, 0.2) is 0 Å².